The van der Waals surface area contributed by atoms with E-state index < -0.39 is 9.84 Å². The lowest BCUT2D eigenvalue weighted by molar-refractivity contribution is 0.598. The molecule has 6 aromatic carbocycles. The van der Waals surface area contributed by atoms with Gasteiger partial charge in [0.2, 0.25) is 9.84 Å². The molecule has 6 aromatic rings. The van der Waals surface area contributed by atoms with Crippen molar-refractivity contribution in [1.29, 1.82) is 0 Å². The van der Waals surface area contributed by atoms with Crippen LogP contribution in [-0.4, -0.2) is 8.42 Å². The Morgan fingerprint density at radius 1 is 0.447 bits per heavy atom. The summed E-state index contributed by atoms with van der Waals surface area (Å²) in [7, 11) is -3.68. The first kappa shape index (κ1) is 28.8. The van der Waals surface area contributed by atoms with Gasteiger partial charge in [0.25, 0.3) is 0 Å². The van der Waals surface area contributed by atoms with Gasteiger partial charge in [-0.1, -0.05) is 72.1 Å². The predicted molar refractivity (Wildman–Crippen MR) is 194 cm³/mol. The number of hydrogen-bond acceptors (Lipinski definition) is 6. The third-order valence-corrected chi connectivity index (χ3v) is 13.5. The van der Waals surface area contributed by atoms with Gasteiger partial charge in [0.05, 0.1) is 32.5 Å². The van der Waals surface area contributed by atoms with Gasteiger partial charge in [-0.2, -0.15) is 0 Å². The summed E-state index contributed by atoms with van der Waals surface area (Å²) in [6.07, 6.45) is 0. The number of nitrogens with zero attached hydrogens (tertiary/aromatic N) is 2. The van der Waals surface area contributed by atoms with Crippen LogP contribution >= 0.6 is 23.5 Å². The summed E-state index contributed by atoms with van der Waals surface area (Å²) in [5.41, 5.74) is 12.6. The minimum Gasteiger partial charge on any atom is -0.308 e. The van der Waals surface area contributed by atoms with Crippen molar-refractivity contribution < 1.29 is 8.42 Å². The van der Waals surface area contributed by atoms with Crippen LogP contribution in [0.25, 0.3) is 11.1 Å². The lowest BCUT2D eigenvalue weighted by atomic mass is 10.0. The summed E-state index contributed by atoms with van der Waals surface area (Å²) in [6.45, 7) is 8.58. The maximum Gasteiger partial charge on any atom is 0.207 e. The van der Waals surface area contributed by atoms with Gasteiger partial charge < -0.3 is 9.80 Å². The van der Waals surface area contributed by atoms with E-state index in [1.165, 1.54) is 41.8 Å². The molecule has 0 aromatic heterocycles. The van der Waals surface area contributed by atoms with Crippen molar-refractivity contribution >= 4 is 67.5 Å². The molecule has 0 atom stereocenters. The van der Waals surface area contributed by atoms with E-state index in [0.717, 1.165) is 45.3 Å². The monoisotopic (exact) mass is 666 g/mol. The van der Waals surface area contributed by atoms with Crippen molar-refractivity contribution in [3.05, 3.63) is 131 Å². The summed E-state index contributed by atoms with van der Waals surface area (Å²) < 4.78 is 28.1. The Labute approximate surface area is 284 Å². The number of hydrogen-bond donors (Lipinski definition) is 0. The van der Waals surface area contributed by atoms with Crippen molar-refractivity contribution in [2.75, 3.05) is 9.80 Å². The van der Waals surface area contributed by atoms with E-state index in [1.54, 1.807) is 35.7 Å². The van der Waals surface area contributed by atoms with E-state index in [2.05, 4.69) is 122 Å². The smallest absolute Gasteiger partial charge is 0.207 e. The average molecular weight is 667 g/mol. The second-order valence-electron chi connectivity index (χ2n) is 12.4. The highest BCUT2D eigenvalue weighted by atomic mass is 32.2. The third kappa shape index (κ3) is 4.13. The first-order chi connectivity index (χ1) is 22.7. The zero-order chi connectivity index (χ0) is 32.2. The summed E-state index contributed by atoms with van der Waals surface area (Å²) in [5.74, 6) is 0. The van der Waals surface area contributed by atoms with Crippen LogP contribution in [0.4, 0.5) is 34.1 Å². The molecule has 3 aliphatic rings. The molecule has 0 N–H and O–H groups in total. The van der Waals surface area contributed by atoms with Gasteiger partial charge in [-0.25, -0.2) is 8.42 Å². The van der Waals surface area contributed by atoms with Crippen molar-refractivity contribution in [2.45, 2.75) is 57.1 Å². The SMILES string of the molecule is Cc1cccc2c1N(c1ccc3c(c1)-c1cc(N4c5c(C)cccc5Sc5cccc(C)c54)ccc1S3(=O)=O)c1c(C)cccc1S2. The lowest BCUT2D eigenvalue weighted by Gasteiger charge is -2.36. The van der Waals surface area contributed by atoms with Gasteiger partial charge in [-0.3, -0.25) is 0 Å². The molecular weight excluding hydrogens is 637 g/mol. The minimum atomic E-state index is -3.68. The molecule has 230 valence electrons. The van der Waals surface area contributed by atoms with E-state index >= 15 is 0 Å². The van der Waals surface area contributed by atoms with Crippen LogP contribution in [0.3, 0.4) is 0 Å². The molecule has 0 spiro atoms. The van der Waals surface area contributed by atoms with Crippen LogP contribution in [0, 0.1) is 27.7 Å². The number of para-hydroxylation sites is 4. The number of sulfone groups is 1. The van der Waals surface area contributed by atoms with Gasteiger partial charge in [0.1, 0.15) is 0 Å². The largest absolute Gasteiger partial charge is 0.308 e. The highest BCUT2D eigenvalue weighted by molar-refractivity contribution is 8.00. The topological polar surface area (TPSA) is 40.6 Å². The molecule has 9 rings (SSSR count). The minimum absolute atomic E-state index is 0.358. The molecule has 47 heavy (non-hydrogen) atoms. The molecule has 0 amide bonds. The zero-order valence-corrected chi connectivity index (χ0v) is 28.8. The molecule has 0 radical (unpaired) electrons. The van der Waals surface area contributed by atoms with Gasteiger partial charge in [0, 0.05) is 42.1 Å². The summed E-state index contributed by atoms with van der Waals surface area (Å²) in [5, 5.41) is 0. The second kappa shape index (κ2) is 10.3. The molecule has 0 unspecified atom stereocenters. The van der Waals surface area contributed by atoms with Crippen LogP contribution in [-0.2, 0) is 9.84 Å². The van der Waals surface area contributed by atoms with Crippen LogP contribution in [0.15, 0.2) is 139 Å². The molecule has 0 saturated carbocycles. The molecule has 3 aliphatic heterocycles. The molecule has 4 nitrogen and oxygen atoms in total. The number of anilines is 6. The molecule has 0 aliphatic carbocycles. The van der Waals surface area contributed by atoms with Crippen molar-refractivity contribution in [1.82, 2.24) is 0 Å². The lowest BCUT2D eigenvalue weighted by Crippen LogP contribution is -2.17. The average Bonchev–Trinajstić information content (AvgIpc) is 3.28. The zero-order valence-electron chi connectivity index (χ0n) is 26.3. The van der Waals surface area contributed by atoms with Gasteiger partial charge in [-0.05, 0) is 111 Å². The van der Waals surface area contributed by atoms with E-state index in [9.17, 15) is 8.42 Å². The first-order valence-electron chi connectivity index (χ1n) is 15.6. The fraction of sp³-hybridized carbons (Fsp3) is 0.100. The van der Waals surface area contributed by atoms with Crippen LogP contribution < -0.4 is 9.80 Å². The summed E-state index contributed by atoms with van der Waals surface area (Å²) in [4.78, 5) is 10.1. The molecular formula is C40H30N2O2S3. The van der Waals surface area contributed by atoms with Crippen LogP contribution in [0.1, 0.15) is 22.3 Å². The van der Waals surface area contributed by atoms with Crippen molar-refractivity contribution in [2.24, 2.45) is 0 Å². The first-order valence-corrected chi connectivity index (χ1v) is 18.7. The molecule has 7 heteroatoms. The maximum absolute atomic E-state index is 14.0. The second-order valence-corrected chi connectivity index (χ2v) is 16.5. The molecule has 0 bridgehead atoms. The van der Waals surface area contributed by atoms with Crippen LogP contribution in [0.5, 0.6) is 0 Å². The Morgan fingerprint density at radius 2 is 0.766 bits per heavy atom. The van der Waals surface area contributed by atoms with Crippen LogP contribution in [0.2, 0.25) is 0 Å². The fourth-order valence-electron chi connectivity index (χ4n) is 7.30. The van der Waals surface area contributed by atoms with E-state index in [4.69, 9.17) is 0 Å². The molecule has 3 heterocycles. The van der Waals surface area contributed by atoms with Crippen molar-refractivity contribution in [3.63, 3.8) is 0 Å². The maximum atomic E-state index is 14.0. The standard InChI is InChI=1S/C40H30N2O2S3/c1-23-9-5-13-31-37(23)41(38-24(2)10-6-14-32(38)45-31)27-17-19-35-29(21-27)30-22-28(18-20-36(30)47(35,43)44)42-39-25(3)11-7-15-33(39)46-34-16-8-12-26(4)40(34)42/h5-22H,1-4H3. The van der Waals surface area contributed by atoms with Crippen molar-refractivity contribution in [3.8, 4) is 11.1 Å². The van der Waals surface area contributed by atoms with Gasteiger partial charge >= 0.3 is 0 Å². The third-order valence-electron chi connectivity index (χ3n) is 9.45. The Morgan fingerprint density at radius 3 is 1.09 bits per heavy atom. The van der Waals surface area contributed by atoms with Gasteiger partial charge in [-0.15, -0.1) is 0 Å². The van der Waals surface area contributed by atoms with E-state index in [-0.39, 0.29) is 0 Å². The van der Waals surface area contributed by atoms with E-state index in [0.29, 0.717) is 9.79 Å². The predicted octanol–water partition coefficient (Wildman–Crippen LogP) is 11.6. The number of fused-ring (bicyclic) bond motifs is 7. The summed E-state index contributed by atoms with van der Waals surface area (Å²) in [6, 6.07) is 37.3. The summed E-state index contributed by atoms with van der Waals surface area (Å²) >= 11 is 3.57. The fourth-order valence-corrected chi connectivity index (χ4v) is 11.4. The number of aryl methyl sites for hydroxylation is 4. The number of rotatable bonds is 2. The Bertz CT molecular complexity index is 2180. The highest BCUT2D eigenvalue weighted by Crippen LogP contribution is 2.57. The highest BCUT2D eigenvalue weighted by Gasteiger charge is 2.37. The Hall–Kier alpha value is -4.43. The Balaban J connectivity index is 1.27. The molecule has 0 fully saturated rings. The Kier molecular flexibility index (Phi) is 6.29. The number of benzene rings is 6. The molecule has 0 saturated heterocycles. The van der Waals surface area contributed by atoms with E-state index in [1.807, 2.05) is 12.1 Å². The normalized spacial score (nSPS) is 14.9. The quantitative estimate of drug-likeness (QED) is 0.183. The van der Waals surface area contributed by atoms with Gasteiger partial charge in [0.15, 0.2) is 0 Å².